The van der Waals surface area contributed by atoms with Crippen LogP contribution in [0.25, 0.3) is 11.0 Å². The van der Waals surface area contributed by atoms with E-state index in [0.29, 0.717) is 22.4 Å². The maximum atomic E-state index is 13.5. The summed E-state index contributed by atoms with van der Waals surface area (Å²) in [5.41, 5.74) is 2.04. The Morgan fingerprint density at radius 3 is 2.78 bits per heavy atom. The number of anilines is 2. The van der Waals surface area contributed by atoms with Gasteiger partial charge in [0.25, 0.3) is 0 Å². The van der Waals surface area contributed by atoms with Crippen LogP contribution in [0.2, 0.25) is 0 Å². The molecule has 0 unspecified atom stereocenters. The van der Waals surface area contributed by atoms with Gasteiger partial charge in [-0.1, -0.05) is 0 Å². The first-order valence-corrected chi connectivity index (χ1v) is 8.98. The average Bonchev–Trinajstić information content (AvgIpc) is 2.91. The number of hydrogen-bond donors (Lipinski definition) is 2. The van der Waals surface area contributed by atoms with Crippen molar-refractivity contribution in [3.8, 4) is 0 Å². The molecule has 2 aromatic heterocycles. The topological polar surface area (TPSA) is 70.4 Å². The molecule has 1 aromatic carbocycles. The van der Waals surface area contributed by atoms with E-state index in [1.807, 2.05) is 26.0 Å². The van der Waals surface area contributed by atoms with Gasteiger partial charge in [0, 0.05) is 24.0 Å². The van der Waals surface area contributed by atoms with E-state index in [2.05, 4.69) is 20.5 Å². The van der Waals surface area contributed by atoms with Crippen LogP contribution in [0.5, 0.6) is 0 Å². The quantitative estimate of drug-likeness (QED) is 0.717. The van der Waals surface area contributed by atoms with Crippen LogP contribution in [0, 0.1) is 12.7 Å². The number of aromatic nitrogens is 1. The molecule has 7 heteroatoms. The number of pyridine rings is 1. The average molecular weight is 368 g/mol. The van der Waals surface area contributed by atoms with Crippen molar-refractivity contribution >= 4 is 28.5 Å². The van der Waals surface area contributed by atoms with Gasteiger partial charge in [-0.05, 0) is 50.6 Å². The first-order valence-electron chi connectivity index (χ1n) is 8.98. The zero-order valence-electron chi connectivity index (χ0n) is 15.3. The Hall–Kier alpha value is -3.09. The highest BCUT2D eigenvalue weighted by Crippen LogP contribution is 2.30. The van der Waals surface area contributed by atoms with Gasteiger partial charge in [-0.25, -0.2) is 14.2 Å². The minimum absolute atomic E-state index is 0.314. The van der Waals surface area contributed by atoms with Crippen molar-refractivity contribution in [3.63, 3.8) is 0 Å². The molecule has 1 aliphatic heterocycles. The Bertz CT molecular complexity index is 980. The van der Waals surface area contributed by atoms with E-state index in [0.717, 1.165) is 24.5 Å². The van der Waals surface area contributed by atoms with Crippen LogP contribution in [0.4, 0.5) is 20.7 Å². The van der Waals surface area contributed by atoms with Crippen molar-refractivity contribution in [2.45, 2.75) is 26.3 Å². The number of benzene rings is 1. The number of furan rings is 1. The second-order valence-electron chi connectivity index (χ2n) is 6.80. The summed E-state index contributed by atoms with van der Waals surface area (Å²) in [6.07, 6.45) is 2.84. The van der Waals surface area contributed by atoms with Crippen LogP contribution in [0.3, 0.4) is 0 Å². The summed E-state index contributed by atoms with van der Waals surface area (Å²) in [6.45, 7) is 5.73. The van der Waals surface area contributed by atoms with E-state index < -0.39 is 0 Å². The van der Waals surface area contributed by atoms with E-state index in [1.165, 1.54) is 18.6 Å². The Morgan fingerprint density at radius 2 is 2.11 bits per heavy atom. The number of carbonyl (C=O) groups is 1. The van der Waals surface area contributed by atoms with Crippen molar-refractivity contribution < 1.29 is 13.6 Å². The van der Waals surface area contributed by atoms with Gasteiger partial charge in [0.05, 0.1) is 17.9 Å². The molecule has 1 aliphatic rings. The molecule has 0 aliphatic carbocycles. The predicted octanol–water partition coefficient (Wildman–Crippen LogP) is 4.37. The molecule has 2 amide bonds. The standard InChI is InChI=1S/C20H21FN4O2/c1-12-16-10-14(21)4-6-17(16)27-19(12)13(2)23-20(26)24-15-5-7-18(22-11-15)25-8-3-9-25/h4-7,10-11,13H,3,8-9H2,1-2H3,(H2,23,24,26)/t13-/m1/s1. The first-order chi connectivity index (χ1) is 13.0. The van der Waals surface area contributed by atoms with Crippen molar-refractivity contribution in [2.24, 2.45) is 0 Å². The van der Waals surface area contributed by atoms with Gasteiger partial charge in [-0.15, -0.1) is 0 Å². The van der Waals surface area contributed by atoms with Crippen molar-refractivity contribution in [2.75, 3.05) is 23.3 Å². The number of nitrogens with one attached hydrogen (secondary N) is 2. The molecule has 4 rings (SSSR count). The normalized spacial score (nSPS) is 14.7. The molecule has 140 valence electrons. The lowest BCUT2D eigenvalue weighted by atomic mass is 10.1. The lowest BCUT2D eigenvalue weighted by molar-refractivity contribution is 0.248. The summed E-state index contributed by atoms with van der Waals surface area (Å²) in [5, 5.41) is 6.33. The van der Waals surface area contributed by atoms with Crippen molar-refractivity contribution in [3.05, 3.63) is 53.7 Å². The zero-order valence-corrected chi connectivity index (χ0v) is 15.3. The Kier molecular flexibility index (Phi) is 4.43. The number of fused-ring (bicyclic) bond motifs is 1. The lowest BCUT2D eigenvalue weighted by Crippen LogP contribution is -2.37. The highest BCUT2D eigenvalue weighted by Gasteiger charge is 2.19. The van der Waals surface area contributed by atoms with Gasteiger partial charge in [0.1, 0.15) is 23.0 Å². The van der Waals surface area contributed by atoms with Gasteiger partial charge in [-0.3, -0.25) is 0 Å². The number of amides is 2. The first kappa shape index (κ1) is 17.3. The molecule has 0 bridgehead atoms. The molecule has 3 heterocycles. The summed E-state index contributed by atoms with van der Waals surface area (Å²) in [5.74, 6) is 1.22. The molecular formula is C20H21FN4O2. The van der Waals surface area contributed by atoms with Crippen LogP contribution in [-0.2, 0) is 0 Å². The summed E-state index contributed by atoms with van der Waals surface area (Å²) in [6, 6.07) is 7.41. The molecule has 1 fully saturated rings. The maximum absolute atomic E-state index is 13.5. The van der Waals surface area contributed by atoms with E-state index in [4.69, 9.17) is 4.42 Å². The van der Waals surface area contributed by atoms with Crippen molar-refractivity contribution in [1.82, 2.24) is 10.3 Å². The number of nitrogens with zero attached hydrogens (tertiary/aromatic N) is 2. The van der Waals surface area contributed by atoms with Crippen LogP contribution < -0.4 is 15.5 Å². The molecule has 1 saturated heterocycles. The Balaban J connectivity index is 1.42. The minimum Gasteiger partial charge on any atom is -0.459 e. The molecule has 6 nitrogen and oxygen atoms in total. The van der Waals surface area contributed by atoms with Gasteiger partial charge in [-0.2, -0.15) is 0 Å². The van der Waals surface area contributed by atoms with Crippen LogP contribution in [-0.4, -0.2) is 24.1 Å². The number of rotatable bonds is 4. The third-order valence-electron chi connectivity index (χ3n) is 4.86. The van der Waals surface area contributed by atoms with E-state index in [-0.39, 0.29) is 17.9 Å². The second kappa shape index (κ2) is 6.90. The second-order valence-corrected chi connectivity index (χ2v) is 6.80. The van der Waals surface area contributed by atoms with E-state index in [1.54, 1.807) is 12.3 Å². The van der Waals surface area contributed by atoms with Gasteiger partial charge < -0.3 is 20.0 Å². The molecule has 1 atom stereocenters. The van der Waals surface area contributed by atoms with Gasteiger partial charge >= 0.3 is 6.03 Å². The fourth-order valence-electron chi connectivity index (χ4n) is 3.25. The fourth-order valence-corrected chi connectivity index (χ4v) is 3.25. The van der Waals surface area contributed by atoms with E-state index in [9.17, 15) is 9.18 Å². The Labute approximate surface area is 156 Å². The number of urea groups is 1. The summed E-state index contributed by atoms with van der Waals surface area (Å²) >= 11 is 0. The summed E-state index contributed by atoms with van der Waals surface area (Å²) in [4.78, 5) is 18.9. The molecule has 3 aromatic rings. The number of aryl methyl sites for hydroxylation is 1. The lowest BCUT2D eigenvalue weighted by Gasteiger charge is -2.31. The van der Waals surface area contributed by atoms with Crippen LogP contribution >= 0.6 is 0 Å². The highest BCUT2D eigenvalue weighted by molar-refractivity contribution is 5.89. The zero-order chi connectivity index (χ0) is 19.0. The largest absolute Gasteiger partial charge is 0.459 e. The molecule has 0 spiro atoms. The summed E-state index contributed by atoms with van der Waals surface area (Å²) in [7, 11) is 0. The SMILES string of the molecule is Cc1c([C@@H](C)NC(=O)Nc2ccc(N3CCC3)nc2)oc2ccc(F)cc12. The summed E-state index contributed by atoms with van der Waals surface area (Å²) < 4.78 is 19.3. The number of halogens is 1. The minimum atomic E-state index is -0.367. The molecule has 27 heavy (non-hydrogen) atoms. The molecular weight excluding hydrogens is 347 g/mol. The third kappa shape index (κ3) is 3.45. The molecule has 2 N–H and O–H groups in total. The number of hydrogen-bond acceptors (Lipinski definition) is 4. The fraction of sp³-hybridized carbons (Fsp3) is 0.300. The highest BCUT2D eigenvalue weighted by atomic mass is 19.1. The number of carbonyl (C=O) groups excluding carboxylic acids is 1. The van der Waals surface area contributed by atoms with Gasteiger partial charge in [0.15, 0.2) is 0 Å². The molecule has 0 saturated carbocycles. The van der Waals surface area contributed by atoms with Crippen LogP contribution in [0.1, 0.15) is 30.7 Å². The van der Waals surface area contributed by atoms with Crippen molar-refractivity contribution in [1.29, 1.82) is 0 Å². The maximum Gasteiger partial charge on any atom is 0.319 e. The van der Waals surface area contributed by atoms with Gasteiger partial charge in [0.2, 0.25) is 0 Å². The molecule has 0 radical (unpaired) electrons. The smallest absolute Gasteiger partial charge is 0.319 e. The third-order valence-corrected chi connectivity index (χ3v) is 4.86. The Morgan fingerprint density at radius 1 is 1.30 bits per heavy atom. The predicted molar refractivity (Wildman–Crippen MR) is 103 cm³/mol. The van der Waals surface area contributed by atoms with Crippen LogP contribution in [0.15, 0.2) is 40.9 Å². The van der Waals surface area contributed by atoms with E-state index >= 15 is 0 Å². The monoisotopic (exact) mass is 368 g/mol.